The zero-order valence-corrected chi connectivity index (χ0v) is 46.9. The van der Waals surface area contributed by atoms with Crippen LogP contribution < -0.4 is 19.6 Å². The van der Waals surface area contributed by atoms with Crippen molar-refractivity contribution in [3.05, 3.63) is 278 Å². The number of hydrogen-bond acceptors (Lipinski definition) is 8. The molecule has 0 saturated carbocycles. The van der Waals surface area contributed by atoms with Crippen molar-refractivity contribution in [2.24, 2.45) is 10.8 Å². The van der Waals surface area contributed by atoms with Gasteiger partial charge in [0.05, 0.1) is 52.9 Å². The predicted molar refractivity (Wildman–Crippen MR) is 337 cm³/mol. The van der Waals surface area contributed by atoms with E-state index in [-0.39, 0.29) is 10.8 Å². The topological polar surface area (TPSA) is 49.9 Å². The standard InChI is InChI=1S/C74H70N4O4/c1-3-73(53-81-54-73)51-79-49-57-25-33-65(34-26-57)77(71-45-41-69(42-46-71)75(61-17-9-5-10-18-61)62-19-11-6-12-20-62)67-37-29-59(30-38-67)60-31-39-68(40-32-60)78(66-35-27-58(28-36-66)50-80-52-74(4-2)55-82-56-74)72-47-43-70(44-48-72)76(63-21-13-7-14-22-63)64-23-15-8-16-24-64/h5-48H,3-4,49-56H2,1-2H3. The molecule has 0 amide bonds. The Kier molecular flexibility index (Phi) is 16.4. The molecule has 410 valence electrons. The smallest absolute Gasteiger partial charge is 0.0717 e. The highest BCUT2D eigenvalue weighted by Gasteiger charge is 2.38. The summed E-state index contributed by atoms with van der Waals surface area (Å²) < 4.78 is 23.7. The number of ether oxygens (including phenoxy) is 4. The Hall–Kier alpha value is -8.76. The van der Waals surface area contributed by atoms with Crippen LogP contribution >= 0.6 is 0 Å². The maximum Gasteiger partial charge on any atom is 0.0717 e. The first-order valence-corrected chi connectivity index (χ1v) is 28.8. The largest absolute Gasteiger partial charge is 0.380 e. The fourth-order valence-corrected chi connectivity index (χ4v) is 11.0. The minimum atomic E-state index is 0.143. The molecule has 0 spiro atoms. The van der Waals surface area contributed by atoms with E-state index in [1.807, 2.05) is 0 Å². The molecule has 10 aromatic rings. The lowest BCUT2D eigenvalue weighted by Crippen LogP contribution is -2.45. The summed E-state index contributed by atoms with van der Waals surface area (Å²) in [7, 11) is 0. The predicted octanol–water partition coefficient (Wildman–Crippen LogP) is 19.1. The second-order valence-electron chi connectivity index (χ2n) is 21.8. The second kappa shape index (κ2) is 24.9. The molecule has 8 nitrogen and oxygen atoms in total. The molecule has 0 aliphatic carbocycles. The lowest BCUT2D eigenvalue weighted by atomic mass is 9.84. The first kappa shape index (κ1) is 53.9. The van der Waals surface area contributed by atoms with Crippen molar-refractivity contribution < 1.29 is 18.9 Å². The van der Waals surface area contributed by atoms with Crippen LogP contribution in [0.4, 0.5) is 68.2 Å². The van der Waals surface area contributed by atoms with Gasteiger partial charge < -0.3 is 38.5 Å². The third-order valence-electron chi connectivity index (χ3n) is 16.3. The summed E-state index contributed by atoms with van der Waals surface area (Å²) in [6.45, 7) is 10.1. The molecule has 0 aromatic heterocycles. The molecule has 0 radical (unpaired) electrons. The van der Waals surface area contributed by atoms with E-state index in [4.69, 9.17) is 18.9 Å². The molecule has 0 atom stereocenters. The van der Waals surface area contributed by atoms with Gasteiger partial charge in [-0.05, 0) is 181 Å². The number of nitrogens with zero attached hydrogens (tertiary/aromatic N) is 4. The fourth-order valence-electron chi connectivity index (χ4n) is 11.0. The van der Waals surface area contributed by atoms with E-state index in [1.165, 1.54) is 0 Å². The van der Waals surface area contributed by atoms with Crippen molar-refractivity contribution in [2.75, 3.05) is 59.2 Å². The number of rotatable bonds is 23. The summed E-state index contributed by atoms with van der Waals surface area (Å²) in [4.78, 5) is 9.26. The van der Waals surface area contributed by atoms with Crippen molar-refractivity contribution in [2.45, 2.75) is 39.9 Å². The normalized spacial score (nSPS) is 14.0. The zero-order chi connectivity index (χ0) is 55.6. The van der Waals surface area contributed by atoms with Crippen LogP contribution in [-0.4, -0.2) is 39.6 Å². The summed E-state index contributed by atoms with van der Waals surface area (Å²) in [6, 6.07) is 95.4. The van der Waals surface area contributed by atoms with Gasteiger partial charge in [0.2, 0.25) is 0 Å². The van der Waals surface area contributed by atoms with Gasteiger partial charge in [0.15, 0.2) is 0 Å². The molecule has 82 heavy (non-hydrogen) atoms. The van der Waals surface area contributed by atoms with Crippen molar-refractivity contribution in [1.82, 2.24) is 0 Å². The van der Waals surface area contributed by atoms with Gasteiger partial charge in [0.25, 0.3) is 0 Å². The van der Waals surface area contributed by atoms with Gasteiger partial charge in [-0.25, -0.2) is 0 Å². The van der Waals surface area contributed by atoms with Gasteiger partial charge in [-0.3, -0.25) is 0 Å². The Morgan fingerprint density at radius 1 is 0.280 bits per heavy atom. The summed E-state index contributed by atoms with van der Waals surface area (Å²) in [5.41, 5.74) is 17.7. The quantitative estimate of drug-likeness (QED) is 0.0628. The van der Waals surface area contributed by atoms with E-state index < -0.39 is 0 Å². The second-order valence-corrected chi connectivity index (χ2v) is 21.8. The van der Waals surface area contributed by atoms with Crippen LogP contribution in [0.1, 0.15) is 37.8 Å². The summed E-state index contributed by atoms with van der Waals surface area (Å²) in [5, 5.41) is 0. The van der Waals surface area contributed by atoms with Gasteiger partial charge in [-0.2, -0.15) is 0 Å². The number of hydrogen-bond donors (Lipinski definition) is 0. The SMILES string of the molecule is CCC1(COCc2ccc(N(c3ccc(-c4ccc(N(c5ccc(COCC6(CC)COC6)cc5)c5ccc(N(c6ccccc6)c6ccccc6)cc5)cc4)cc3)c3ccc(N(c4ccccc4)c4ccccc4)cc3)cc2)COC1. The third kappa shape index (κ3) is 12.0. The Morgan fingerprint density at radius 3 is 0.695 bits per heavy atom. The van der Waals surface area contributed by atoms with Crippen LogP contribution in [0.2, 0.25) is 0 Å². The van der Waals surface area contributed by atoms with Gasteiger partial charge in [-0.1, -0.05) is 135 Å². The zero-order valence-electron chi connectivity index (χ0n) is 46.9. The van der Waals surface area contributed by atoms with Crippen molar-refractivity contribution >= 4 is 68.2 Å². The molecule has 2 aliphatic rings. The Morgan fingerprint density at radius 2 is 0.488 bits per heavy atom. The Balaban J connectivity index is 0.834. The highest BCUT2D eigenvalue weighted by molar-refractivity contribution is 5.84. The van der Waals surface area contributed by atoms with E-state index >= 15 is 0 Å². The highest BCUT2D eigenvalue weighted by Crippen LogP contribution is 2.43. The van der Waals surface area contributed by atoms with Gasteiger partial charge in [0.1, 0.15) is 0 Å². The molecule has 12 rings (SSSR count). The number of anilines is 12. The first-order chi connectivity index (χ1) is 40.5. The Labute approximate surface area is 484 Å². The highest BCUT2D eigenvalue weighted by atomic mass is 16.5. The van der Waals surface area contributed by atoms with Crippen LogP contribution in [-0.2, 0) is 32.2 Å². The first-order valence-electron chi connectivity index (χ1n) is 28.8. The molecule has 2 heterocycles. The molecule has 2 saturated heterocycles. The van der Waals surface area contributed by atoms with E-state index in [9.17, 15) is 0 Å². The minimum Gasteiger partial charge on any atom is -0.380 e. The third-order valence-corrected chi connectivity index (χ3v) is 16.3. The molecule has 2 aliphatic heterocycles. The van der Waals surface area contributed by atoms with Gasteiger partial charge >= 0.3 is 0 Å². The van der Waals surface area contributed by atoms with E-state index in [1.54, 1.807) is 0 Å². The van der Waals surface area contributed by atoms with Gasteiger partial charge in [0, 0.05) is 79.1 Å². The molecular formula is C74H70N4O4. The van der Waals surface area contributed by atoms with Crippen molar-refractivity contribution in [1.29, 1.82) is 0 Å². The maximum absolute atomic E-state index is 6.28. The van der Waals surface area contributed by atoms with Crippen molar-refractivity contribution in [3.8, 4) is 11.1 Å². The molecule has 2 fully saturated rings. The van der Waals surface area contributed by atoms with E-state index in [0.717, 1.165) is 130 Å². The van der Waals surface area contributed by atoms with Crippen LogP contribution in [0.15, 0.2) is 267 Å². The maximum atomic E-state index is 6.28. The van der Waals surface area contributed by atoms with E-state index in [0.29, 0.717) is 26.4 Å². The number of para-hydroxylation sites is 4. The van der Waals surface area contributed by atoms with Crippen molar-refractivity contribution in [3.63, 3.8) is 0 Å². The minimum absolute atomic E-state index is 0.143. The van der Waals surface area contributed by atoms with Gasteiger partial charge in [-0.15, -0.1) is 0 Å². The average molecular weight is 1080 g/mol. The van der Waals surface area contributed by atoms with E-state index in [2.05, 4.69) is 300 Å². The fraction of sp³-hybridized carbons (Fsp3) is 0.189. The summed E-state index contributed by atoms with van der Waals surface area (Å²) >= 11 is 0. The molecule has 0 N–H and O–H groups in total. The van der Waals surface area contributed by atoms with Crippen LogP contribution in [0, 0.1) is 10.8 Å². The van der Waals surface area contributed by atoms with Crippen LogP contribution in [0.5, 0.6) is 0 Å². The molecule has 0 unspecified atom stereocenters. The lowest BCUT2D eigenvalue weighted by molar-refractivity contribution is -0.152. The summed E-state index contributed by atoms with van der Waals surface area (Å²) in [5.74, 6) is 0. The molecule has 10 aromatic carbocycles. The molecular weight excluding hydrogens is 1010 g/mol. The average Bonchev–Trinajstić information content (AvgIpc) is 3.55. The monoisotopic (exact) mass is 1080 g/mol. The molecule has 8 heteroatoms. The molecule has 0 bridgehead atoms. The van der Waals surface area contributed by atoms with Crippen LogP contribution in [0.3, 0.4) is 0 Å². The summed E-state index contributed by atoms with van der Waals surface area (Å²) in [6.07, 6.45) is 2.11. The lowest BCUT2D eigenvalue weighted by Gasteiger charge is -2.40. The Bertz CT molecular complexity index is 3250. The van der Waals surface area contributed by atoms with Crippen LogP contribution in [0.25, 0.3) is 11.1 Å². The number of benzene rings is 10.